The van der Waals surface area contributed by atoms with E-state index in [9.17, 15) is 8.42 Å². The predicted molar refractivity (Wildman–Crippen MR) is 76.0 cm³/mol. The van der Waals surface area contributed by atoms with Gasteiger partial charge in [0.05, 0.1) is 0 Å². The van der Waals surface area contributed by atoms with Crippen molar-refractivity contribution < 1.29 is 8.42 Å². The van der Waals surface area contributed by atoms with E-state index in [2.05, 4.69) is 10.0 Å². The average molecular weight is 289 g/mol. The molecule has 0 aliphatic rings. The Balaban J connectivity index is 2.51. The van der Waals surface area contributed by atoms with Crippen molar-refractivity contribution in [2.45, 2.75) is 6.42 Å². The van der Waals surface area contributed by atoms with Gasteiger partial charge >= 0.3 is 0 Å². The van der Waals surface area contributed by atoms with Gasteiger partial charge in [-0.1, -0.05) is 23.7 Å². The quantitative estimate of drug-likeness (QED) is 0.753. The van der Waals surface area contributed by atoms with Gasteiger partial charge in [0.15, 0.2) is 0 Å². The van der Waals surface area contributed by atoms with Gasteiger partial charge < -0.3 is 5.32 Å². The van der Waals surface area contributed by atoms with E-state index in [0.717, 1.165) is 23.9 Å². The van der Waals surface area contributed by atoms with Crippen LogP contribution in [0, 0.1) is 0 Å². The van der Waals surface area contributed by atoms with Crippen molar-refractivity contribution in [3.63, 3.8) is 0 Å². The van der Waals surface area contributed by atoms with Crippen LogP contribution in [0.3, 0.4) is 0 Å². The standard InChI is InChI=1S/C12H17ClN2O2S/c1-14-8-2-9-15-18(16,17)10-7-11-3-5-12(13)6-4-11/h3-7,10,14-15H,2,8-9H2,1H3/b10-7+. The Morgan fingerprint density at radius 1 is 1.22 bits per heavy atom. The highest BCUT2D eigenvalue weighted by molar-refractivity contribution is 7.92. The summed E-state index contributed by atoms with van der Waals surface area (Å²) in [7, 11) is -1.53. The number of halogens is 1. The molecule has 1 rings (SSSR count). The van der Waals surface area contributed by atoms with E-state index in [1.165, 1.54) is 6.08 Å². The summed E-state index contributed by atoms with van der Waals surface area (Å²) in [5.41, 5.74) is 0.792. The SMILES string of the molecule is CNCCCNS(=O)(=O)/C=C/c1ccc(Cl)cc1. The van der Waals surface area contributed by atoms with Crippen molar-refractivity contribution in [3.8, 4) is 0 Å². The van der Waals surface area contributed by atoms with Crippen LogP contribution < -0.4 is 10.0 Å². The van der Waals surface area contributed by atoms with Gasteiger partial charge in [0.1, 0.15) is 0 Å². The van der Waals surface area contributed by atoms with Crippen LogP contribution >= 0.6 is 11.6 Å². The maximum atomic E-state index is 11.6. The normalized spacial score (nSPS) is 12.1. The van der Waals surface area contributed by atoms with Crippen molar-refractivity contribution in [3.05, 3.63) is 40.3 Å². The van der Waals surface area contributed by atoms with Crippen molar-refractivity contribution in [2.75, 3.05) is 20.1 Å². The van der Waals surface area contributed by atoms with E-state index in [1.54, 1.807) is 24.3 Å². The fourth-order valence-electron chi connectivity index (χ4n) is 1.27. The molecule has 0 amide bonds. The lowest BCUT2D eigenvalue weighted by molar-refractivity contribution is 0.586. The van der Waals surface area contributed by atoms with Crippen LogP contribution in [-0.2, 0) is 10.0 Å². The van der Waals surface area contributed by atoms with Gasteiger partial charge in [-0.25, -0.2) is 13.1 Å². The van der Waals surface area contributed by atoms with Crippen LogP contribution in [0.25, 0.3) is 6.08 Å². The molecule has 18 heavy (non-hydrogen) atoms. The fraction of sp³-hybridized carbons (Fsp3) is 0.333. The van der Waals surface area contributed by atoms with Crippen molar-refractivity contribution in [1.82, 2.24) is 10.0 Å². The molecule has 0 spiro atoms. The van der Waals surface area contributed by atoms with Crippen LogP contribution in [-0.4, -0.2) is 28.6 Å². The number of sulfonamides is 1. The molecule has 0 aromatic heterocycles. The molecular formula is C12H17ClN2O2S. The maximum Gasteiger partial charge on any atom is 0.233 e. The number of hydrogen-bond donors (Lipinski definition) is 2. The van der Waals surface area contributed by atoms with Crippen LogP contribution in [0.1, 0.15) is 12.0 Å². The second-order valence-electron chi connectivity index (χ2n) is 3.75. The molecule has 0 heterocycles. The first-order valence-corrected chi connectivity index (χ1v) is 7.54. The lowest BCUT2D eigenvalue weighted by atomic mass is 10.2. The first-order valence-electron chi connectivity index (χ1n) is 5.61. The summed E-state index contributed by atoms with van der Waals surface area (Å²) in [5.74, 6) is 0. The smallest absolute Gasteiger partial charge is 0.233 e. The maximum absolute atomic E-state index is 11.6. The Hall–Kier alpha value is -0.880. The largest absolute Gasteiger partial charge is 0.320 e. The van der Waals surface area contributed by atoms with E-state index in [4.69, 9.17) is 11.6 Å². The van der Waals surface area contributed by atoms with E-state index in [0.29, 0.717) is 11.6 Å². The van der Waals surface area contributed by atoms with Crippen LogP contribution in [0.4, 0.5) is 0 Å². The Morgan fingerprint density at radius 2 is 1.89 bits per heavy atom. The number of benzene rings is 1. The van der Waals surface area contributed by atoms with Gasteiger partial charge in [0.25, 0.3) is 0 Å². The summed E-state index contributed by atoms with van der Waals surface area (Å²) < 4.78 is 25.7. The predicted octanol–water partition coefficient (Wildman–Crippen LogP) is 1.84. The summed E-state index contributed by atoms with van der Waals surface area (Å²) in [5, 5.41) is 4.74. The highest BCUT2D eigenvalue weighted by Crippen LogP contribution is 2.10. The van der Waals surface area contributed by atoms with Crippen molar-refractivity contribution in [1.29, 1.82) is 0 Å². The van der Waals surface area contributed by atoms with Gasteiger partial charge in [0, 0.05) is 17.0 Å². The van der Waals surface area contributed by atoms with E-state index < -0.39 is 10.0 Å². The molecule has 1 aromatic carbocycles. The van der Waals surface area contributed by atoms with Gasteiger partial charge in [-0.2, -0.15) is 0 Å². The minimum Gasteiger partial charge on any atom is -0.320 e. The molecular weight excluding hydrogens is 272 g/mol. The van der Waals surface area contributed by atoms with Crippen LogP contribution in [0.15, 0.2) is 29.7 Å². The zero-order valence-corrected chi connectivity index (χ0v) is 11.8. The summed E-state index contributed by atoms with van der Waals surface area (Å²) >= 11 is 5.74. The Morgan fingerprint density at radius 3 is 2.50 bits per heavy atom. The number of hydrogen-bond acceptors (Lipinski definition) is 3. The molecule has 0 radical (unpaired) electrons. The summed E-state index contributed by atoms with van der Waals surface area (Å²) in [6.45, 7) is 1.21. The number of nitrogens with one attached hydrogen (secondary N) is 2. The first-order chi connectivity index (χ1) is 8.53. The third-order valence-electron chi connectivity index (χ3n) is 2.22. The van der Waals surface area contributed by atoms with Crippen molar-refractivity contribution >= 4 is 27.7 Å². The molecule has 0 atom stereocenters. The molecule has 1 aromatic rings. The summed E-state index contributed by atoms with van der Waals surface area (Å²) in [6, 6.07) is 6.95. The second kappa shape index (κ2) is 7.53. The van der Waals surface area contributed by atoms with Gasteiger partial charge in [-0.15, -0.1) is 0 Å². The highest BCUT2D eigenvalue weighted by atomic mass is 35.5. The number of rotatable bonds is 7. The molecule has 6 heteroatoms. The first kappa shape index (κ1) is 15.2. The highest BCUT2D eigenvalue weighted by Gasteiger charge is 2.03. The van der Waals surface area contributed by atoms with E-state index in [1.807, 2.05) is 7.05 Å². The molecule has 0 unspecified atom stereocenters. The molecule has 0 aliphatic heterocycles. The molecule has 100 valence electrons. The second-order valence-corrected chi connectivity index (χ2v) is 5.84. The van der Waals surface area contributed by atoms with Gasteiger partial charge in [0.2, 0.25) is 10.0 Å². The third-order valence-corrected chi connectivity index (χ3v) is 3.57. The zero-order valence-electron chi connectivity index (χ0n) is 10.2. The van der Waals surface area contributed by atoms with Gasteiger partial charge in [-0.05, 0) is 43.8 Å². The molecule has 4 nitrogen and oxygen atoms in total. The minimum absolute atomic E-state index is 0.425. The van der Waals surface area contributed by atoms with Crippen LogP contribution in [0.2, 0.25) is 5.02 Å². The lowest BCUT2D eigenvalue weighted by Gasteiger charge is -2.02. The Kier molecular flexibility index (Phi) is 6.35. The average Bonchev–Trinajstić information content (AvgIpc) is 2.34. The van der Waals surface area contributed by atoms with Crippen LogP contribution in [0.5, 0.6) is 0 Å². The Labute approximate surface area is 113 Å². The molecule has 0 saturated heterocycles. The summed E-state index contributed by atoms with van der Waals surface area (Å²) in [4.78, 5) is 0. The van der Waals surface area contributed by atoms with E-state index >= 15 is 0 Å². The molecule has 0 aliphatic carbocycles. The third kappa shape index (κ3) is 6.16. The minimum atomic E-state index is -3.36. The molecule has 2 N–H and O–H groups in total. The monoisotopic (exact) mass is 288 g/mol. The topological polar surface area (TPSA) is 58.2 Å². The zero-order chi connectivity index (χ0) is 13.4. The molecule has 0 saturated carbocycles. The Bertz CT molecular complexity index is 483. The lowest BCUT2D eigenvalue weighted by Crippen LogP contribution is -2.24. The molecule has 0 fully saturated rings. The van der Waals surface area contributed by atoms with Gasteiger partial charge in [-0.3, -0.25) is 0 Å². The fourth-order valence-corrected chi connectivity index (χ4v) is 2.26. The molecule has 0 bridgehead atoms. The van der Waals surface area contributed by atoms with E-state index in [-0.39, 0.29) is 0 Å². The van der Waals surface area contributed by atoms with Crippen molar-refractivity contribution in [2.24, 2.45) is 0 Å². The summed E-state index contributed by atoms with van der Waals surface area (Å²) in [6.07, 6.45) is 2.29.